The molecule has 0 spiro atoms. The molecule has 3 rings (SSSR count). The van der Waals surface area contributed by atoms with Crippen LogP contribution in [-0.2, 0) is 19.1 Å². The summed E-state index contributed by atoms with van der Waals surface area (Å²) in [6.45, 7) is -0.747. The number of halogens is 1. The number of nitrogens with one attached hydrogen (secondary N) is 1. The van der Waals surface area contributed by atoms with E-state index in [1.165, 1.54) is 37.4 Å². The molecule has 1 aromatic heterocycles. The highest BCUT2D eigenvalue weighted by Gasteiger charge is 2.14. The Kier molecular flexibility index (Phi) is 7.05. The normalized spacial score (nSPS) is 10.8. The molecule has 0 fully saturated rings. The second-order valence-electron chi connectivity index (χ2n) is 6.67. The first kappa shape index (κ1) is 21.6. The van der Waals surface area contributed by atoms with E-state index in [0.717, 1.165) is 21.4 Å². The first-order chi connectivity index (χ1) is 14.9. The number of pyridine rings is 1. The van der Waals surface area contributed by atoms with Gasteiger partial charge in [0.2, 0.25) is 5.91 Å². The summed E-state index contributed by atoms with van der Waals surface area (Å²) in [6.07, 6.45) is 4.46. The van der Waals surface area contributed by atoms with Crippen molar-refractivity contribution in [3.8, 4) is 0 Å². The highest BCUT2D eigenvalue weighted by molar-refractivity contribution is 5.96. The summed E-state index contributed by atoms with van der Waals surface area (Å²) >= 11 is 0. The highest BCUT2D eigenvalue weighted by Crippen LogP contribution is 2.17. The van der Waals surface area contributed by atoms with Crippen LogP contribution in [0, 0.1) is 5.82 Å². The Balaban J connectivity index is 1.47. The van der Waals surface area contributed by atoms with Gasteiger partial charge < -0.3 is 15.0 Å². The van der Waals surface area contributed by atoms with Crippen molar-refractivity contribution in [1.29, 1.82) is 0 Å². The molecule has 0 bridgehead atoms. The van der Waals surface area contributed by atoms with Crippen molar-refractivity contribution in [3.63, 3.8) is 0 Å². The average Bonchev–Trinajstić information content (AvgIpc) is 2.77. The van der Waals surface area contributed by atoms with Crippen molar-refractivity contribution in [1.82, 2.24) is 9.88 Å². The van der Waals surface area contributed by atoms with Crippen LogP contribution in [0.15, 0.2) is 66.9 Å². The molecule has 2 aromatic carbocycles. The number of aromatic nitrogens is 1. The molecule has 7 nitrogen and oxygen atoms in total. The molecule has 3 aromatic rings. The van der Waals surface area contributed by atoms with E-state index in [2.05, 4.69) is 10.3 Å². The summed E-state index contributed by atoms with van der Waals surface area (Å²) < 4.78 is 17.9. The third-order valence-corrected chi connectivity index (χ3v) is 4.34. The van der Waals surface area contributed by atoms with Gasteiger partial charge in [0.1, 0.15) is 5.82 Å². The second-order valence-corrected chi connectivity index (χ2v) is 6.67. The van der Waals surface area contributed by atoms with Crippen molar-refractivity contribution in [2.75, 3.05) is 25.5 Å². The largest absolute Gasteiger partial charge is 0.452 e. The molecule has 2 amide bonds. The van der Waals surface area contributed by atoms with Gasteiger partial charge in [-0.1, -0.05) is 24.3 Å². The van der Waals surface area contributed by atoms with E-state index in [1.807, 2.05) is 30.3 Å². The third kappa shape index (κ3) is 6.20. The fourth-order valence-corrected chi connectivity index (χ4v) is 2.75. The number of hydrogen-bond donors (Lipinski definition) is 1. The number of fused-ring (bicyclic) bond motifs is 1. The topological polar surface area (TPSA) is 88.6 Å². The van der Waals surface area contributed by atoms with Crippen LogP contribution in [0.5, 0.6) is 0 Å². The van der Waals surface area contributed by atoms with Crippen molar-refractivity contribution < 1.29 is 23.5 Å². The van der Waals surface area contributed by atoms with Crippen LogP contribution in [0.2, 0.25) is 0 Å². The molecule has 0 aliphatic carbocycles. The van der Waals surface area contributed by atoms with Gasteiger partial charge in [-0.05, 0) is 36.4 Å². The molecular formula is C23H20FN3O4. The second kappa shape index (κ2) is 10.1. The molecule has 0 unspecified atom stereocenters. The zero-order chi connectivity index (χ0) is 22.2. The summed E-state index contributed by atoms with van der Waals surface area (Å²) in [6, 6.07) is 14.6. The number of amides is 2. The van der Waals surface area contributed by atoms with E-state index >= 15 is 0 Å². The van der Waals surface area contributed by atoms with E-state index < -0.39 is 30.2 Å². The van der Waals surface area contributed by atoms with E-state index in [-0.39, 0.29) is 6.54 Å². The lowest BCUT2D eigenvalue weighted by atomic mass is 10.1. The predicted octanol–water partition coefficient (Wildman–Crippen LogP) is 3.03. The minimum atomic E-state index is -0.689. The van der Waals surface area contributed by atoms with Crippen molar-refractivity contribution in [3.05, 3.63) is 78.3 Å². The Labute approximate surface area is 178 Å². The van der Waals surface area contributed by atoms with E-state index in [4.69, 9.17) is 4.74 Å². The van der Waals surface area contributed by atoms with E-state index in [1.54, 1.807) is 12.3 Å². The number of para-hydroxylation sites is 1. The number of nitrogens with zero attached hydrogens (tertiary/aromatic N) is 2. The molecule has 158 valence electrons. The molecule has 8 heteroatoms. The van der Waals surface area contributed by atoms with Gasteiger partial charge >= 0.3 is 5.97 Å². The summed E-state index contributed by atoms with van der Waals surface area (Å²) in [5.74, 6) is -2.11. The molecular weight excluding hydrogens is 401 g/mol. The minimum Gasteiger partial charge on any atom is -0.452 e. The molecule has 1 heterocycles. The van der Waals surface area contributed by atoms with Gasteiger partial charge in [0.15, 0.2) is 6.61 Å². The Hall–Kier alpha value is -4.07. The van der Waals surface area contributed by atoms with Crippen LogP contribution < -0.4 is 5.32 Å². The van der Waals surface area contributed by atoms with Crippen LogP contribution in [0.25, 0.3) is 17.0 Å². The third-order valence-electron chi connectivity index (χ3n) is 4.34. The number of carbonyl (C=O) groups excluding carboxylic acids is 3. The highest BCUT2D eigenvalue weighted by atomic mass is 19.1. The summed E-state index contributed by atoms with van der Waals surface area (Å²) in [5.41, 5.74) is 1.90. The summed E-state index contributed by atoms with van der Waals surface area (Å²) in [4.78, 5) is 41.5. The van der Waals surface area contributed by atoms with Crippen LogP contribution in [0.4, 0.5) is 10.1 Å². The summed E-state index contributed by atoms with van der Waals surface area (Å²) in [5, 5.41) is 3.49. The van der Waals surface area contributed by atoms with Gasteiger partial charge in [0.25, 0.3) is 5.91 Å². The molecule has 0 radical (unpaired) electrons. The maximum absolute atomic E-state index is 12.9. The lowest BCUT2D eigenvalue weighted by Crippen LogP contribution is -2.37. The van der Waals surface area contributed by atoms with Crippen LogP contribution >= 0.6 is 0 Å². The standard InChI is InChI=1S/C23H20FN3O4/c1-27(14-20(28)26-19-10-8-18(24)9-11-19)21(29)15-31-22(30)12-7-17-5-2-4-16-6-3-13-25-23(16)17/h2-13H,14-15H2,1H3,(H,26,28)/b12-7+. The van der Waals surface area contributed by atoms with Gasteiger partial charge in [0, 0.05) is 36.0 Å². The first-order valence-electron chi connectivity index (χ1n) is 9.40. The van der Waals surface area contributed by atoms with Crippen LogP contribution in [0.1, 0.15) is 5.56 Å². The lowest BCUT2D eigenvalue weighted by molar-refractivity contribution is -0.148. The Morgan fingerprint density at radius 2 is 1.84 bits per heavy atom. The van der Waals surface area contributed by atoms with Crippen molar-refractivity contribution >= 4 is 40.4 Å². The number of anilines is 1. The maximum atomic E-state index is 12.9. The number of likely N-dealkylation sites (N-methyl/N-ethyl adjacent to an activating group) is 1. The molecule has 0 saturated carbocycles. The van der Waals surface area contributed by atoms with Crippen LogP contribution in [-0.4, -0.2) is 47.9 Å². The van der Waals surface area contributed by atoms with Gasteiger partial charge in [0.05, 0.1) is 12.1 Å². The summed E-state index contributed by atoms with van der Waals surface area (Å²) in [7, 11) is 1.41. The van der Waals surface area contributed by atoms with Gasteiger partial charge in [-0.2, -0.15) is 0 Å². The fourth-order valence-electron chi connectivity index (χ4n) is 2.75. The monoisotopic (exact) mass is 421 g/mol. The zero-order valence-electron chi connectivity index (χ0n) is 16.7. The van der Waals surface area contributed by atoms with E-state index in [9.17, 15) is 18.8 Å². The number of benzene rings is 2. The maximum Gasteiger partial charge on any atom is 0.331 e. The Morgan fingerprint density at radius 3 is 2.61 bits per heavy atom. The molecule has 1 N–H and O–H groups in total. The Bertz CT molecular complexity index is 1120. The smallest absolute Gasteiger partial charge is 0.331 e. The van der Waals surface area contributed by atoms with Crippen LogP contribution in [0.3, 0.4) is 0 Å². The quantitative estimate of drug-likeness (QED) is 0.468. The van der Waals surface area contributed by atoms with Gasteiger partial charge in [-0.25, -0.2) is 9.18 Å². The molecule has 0 atom stereocenters. The van der Waals surface area contributed by atoms with E-state index in [0.29, 0.717) is 5.69 Å². The first-order valence-corrected chi connectivity index (χ1v) is 9.40. The van der Waals surface area contributed by atoms with Crippen molar-refractivity contribution in [2.24, 2.45) is 0 Å². The van der Waals surface area contributed by atoms with Crippen molar-refractivity contribution in [2.45, 2.75) is 0 Å². The molecule has 0 aliphatic rings. The predicted molar refractivity (Wildman–Crippen MR) is 114 cm³/mol. The average molecular weight is 421 g/mol. The molecule has 0 aliphatic heterocycles. The van der Waals surface area contributed by atoms with Gasteiger partial charge in [-0.3, -0.25) is 14.6 Å². The van der Waals surface area contributed by atoms with Gasteiger partial charge in [-0.15, -0.1) is 0 Å². The lowest BCUT2D eigenvalue weighted by Gasteiger charge is -2.16. The fraction of sp³-hybridized carbons (Fsp3) is 0.130. The molecule has 31 heavy (non-hydrogen) atoms. The number of ether oxygens (including phenoxy) is 1. The number of esters is 1. The Morgan fingerprint density at radius 1 is 1.10 bits per heavy atom. The zero-order valence-corrected chi connectivity index (χ0v) is 16.7. The number of hydrogen-bond acceptors (Lipinski definition) is 5. The number of rotatable bonds is 7. The SMILES string of the molecule is CN(CC(=O)Nc1ccc(F)cc1)C(=O)COC(=O)/C=C/c1cccc2cccnc12. The number of carbonyl (C=O) groups is 3. The minimum absolute atomic E-state index is 0.245. The molecule has 0 saturated heterocycles.